The average Bonchev–Trinajstić information content (AvgIpc) is 2.77. The lowest BCUT2D eigenvalue weighted by molar-refractivity contribution is 0.384. The van der Waals surface area contributed by atoms with Crippen LogP contribution in [0, 0.1) is 5.82 Å². The van der Waals surface area contributed by atoms with Gasteiger partial charge in [0.15, 0.2) is 10.8 Å². The molecule has 0 bridgehead atoms. The number of aryl methyl sites for hydroxylation is 1. The molecule has 1 aromatic heterocycles. The second-order valence-electron chi connectivity index (χ2n) is 4.76. The Balaban J connectivity index is 2.44. The molecule has 2 N–H and O–H groups in total. The molecule has 0 saturated heterocycles. The monoisotopic (exact) mass is 312 g/mol. The van der Waals surface area contributed by atoms with Crippen LogP contribution in [0.25, 0.3) is 0 Å². The van der Waals surface area contributed by atoms with Crippen molar-refractivity contribution in [3.63, 3.8) is 0 Å². The number of sulfonamides is 1. The van der Waals surface area contributed by atoms with E-state index in [0.717, 1.165) is 4.31 Å². The molecule has 0 spiro atoms. The summed E-state index contributed by atoms with van der Waals surface area (Å²) in [6, 6.07) is 5.39. The summed E-state index contributed by atoms with van der Waals surface area (Å²) in [5.74, 6) is -0.532. The van der Waals surface area contributed by atoms with Crippen LogP contribution in [0.15, 0.2) is 35.6 Å². The highest BCUT2D eigenvalue weighted by molar-refractivity contribution is 7.89. The van der Waals surface area contributed by atoms with Crippen molar-refractivity contribution in [2.45, 2.75) is 18.0 Å². The first-order valence-electron chi connectivity index (χ1n) is 6.26. The third kappa shape index (κ3) is 2.64. The van der Waals surface area contributed by atoms with E-state index in [0.29, 0.717) is 5.56 Å². The van der Waals surface area contributed by atoms with E-state index < -0.39 is 21.9 Å². The molecule has 0 fully saturated rings. The Morgan fingerprint density at radius 3 is 2.52 bits per heavy atom. The van der Waals surface area contributed by atoms with E-state index >= 15 is 0 Å². The van der Waals surface area contributed by atoms with E-state index in [-0.39, 0.29) is 10.8 Å². The van der Waals surface area contributed by atoms with Crippen LogP contribution in [0.2, 0.25) is 0 Å². The number of aromatic nitrogens is 2. The number of anilines is 1. The molecule has 1 aromatic carbocycles. The number of imidazole rings is 1. The van der Waals surface area contributed by atoms with E-state index in [9.17, 15) is 12.8 Å². The quantitative estimate of drug-likeness (QED) is 0.928. The summed E-state index contributed by atoms with van der Waals surface area (Å²) in [7, 11) is -0.952. The van der Waals surface area contributed by atoms with Crippen molar-refractivity contribution in [1.29, 1.82) is 0 Å². The molecule has 0 amide bonds. The van der Waals surface area contributed by atoms with E-state index in [1.807, 2.05) is 0 Å². The highest BCUT2D eigenvalue weighted by Gasteiger charge is 2.31. The Hall–Kier alpha value is -1.93. The molecule has 0 aliphatic carbocycles. The molecule has 0 aliphatic heterocycles. The maximum Gasteiger partial charge on any atom is 0.262 e. The Kier molecular flexibility index (Phi) is 4.02. The van der Waals surface area contributed by atoms with Gasteiger partial charge in [-0.05, 0) is 13.0 Å². The number of benzene rings is 1. The summed E-state index contributed by atoms with van der Waals surface area (Å²) < 4.78 is 41.5. The first-order chi connectivity index (χ1) is 9.76. The Morgan fingerprint density at radius 1 is 1.38 bits per heavy atom. The zero-order chi connectivity index (χ0) is 15.8. The van der Waals surface area contributed by atoms with E-state index in [1.54, 1.807) is 25.1 Å². The standard InChI is InChI=1S/C13H17FN4O2S/c1-9(10-6-4-5-7-11(10)14)18(3)21(19,20)13-12(15)16-8-17(13)2/h4-9H,15H2,1-3H3. The SMILES string of the molecule is CC(c1ccccc1F)N(C)S(=O)(=O)c1c(N)ncn1C. The van der Waals surface area contributed by atoms with Gasteiger partial charge >= 0.3 is 0 Å². The third-order valence-electron chi connectivity index (χ3n) is 3.43. The van der Waals surface area contributed by atoms with Gasteiger partial charge in [0.05, 0.1) is 6.33 Å². The van der Waals surface area contributed by atoms with Crippen molar-refractivity contribution in [2.24, 2.45) is 7.05 Å². The fourth-order valence-electron chi connectivity index (χ4n) is 2.11. The van der Waals surface area contributed by atoms with Crippen molar-refractivity contribution in [3.05, 3.63) is 42.0 Å². The maximum absolute atomic E-state index is 13.8. The molecule has 114 valence electrons. The van der Waals surface area contributed by atoms with Crippen molar-refractivity contribution in [3.8, 4) is 0 Å². The van der Waals surface area contributed by atoms with Crippen LogP contribution in [-0.2, 0) is 17.1 Å². The summed E-state index contributed by atoms with van der Waals surface area (Å²) >= 11 is 0. The van der Waals surface area contributed by atoms with Gasteiger partial charge in [0.1, 0.15) is 5.82 Å². The molecule has 1 atom stereocenters. The van der Waals surface area contributed by atoms with Crippen LogP contribution >= 0.6 is 0 Å². The molecule has 21 heavy (non-hydrogen) atoms. The number of nitrogen functional groups attached to an aromatic ring is 1. The molecule has 2 rings (SSSR count). The molecular formula is C13H17FN4O2S. The van der Waals surface area contributed by atoms with Crippen molar-refractivity contribution >= 4 is 15.8 Å². The average molecular weight is 312 g/mol. The second-order valence-corrected chi connectivity index (χ2v) is 6.68. The van der Waals surface area contributed by atoms with Crippen LogP contribution in [0.5, 0.6) is 0 Å². The highest BCUT2D eigenvalue weighted by Crippen LogP contribution is 2.28. The second kappa shape index (κ2) is 5.45. The van der Waals surface area contributed by atoms with Crippen LogP contribution in [0.3, 0.4) is 0 Å². The van der Waals surface area contributed by atoms with E-state index in [2.05, 4.69) is 4.98 Å². The van der Waals surface area contributed by atoms with Gasteiger partial charge in [-0.3, -0.25) is 0 Å². The van der Waals surface area contributed by atoms with Crippen molar-refractivity contribution in [1.82, 2.24) is 13.9 Å². The molecular weight excluding hydrogens is 295 g/mol. The lowest BCUT2D eigenvalue weighted by Crippen LogP contribution is -2.32. The zero-order valence-electron chi connectivity index (χ0n) is 12.0. The summed E-state index contributed by atoms with van der Waals surface area (Å²) in [4.78, 5) is 3.78. The van der Waals surface area contributed by atoms with E-state index in [4.69, 9.17) is 5.73 Å². The van der Waals surface area contributed by atoms with Gasteiger partial charge in [-0.15, -0.1) is 0 Å². The number of nitrogens with two attached hydrogens (primary N) is 1. The van der Waals surface area contributed by atoms with Gasteiger partial charge in [0.2, 0.25) is 0 Å². The van der Waals surface area contributed by atoms with Gasteiger partial charge in [-0.2, -0.15) is 4.31 Å². The first kappa shape index (κ1) is 15.5. The normalized spacial score (nSPS) is 13.6. The van der Waals surface area contributed by atoms with Crippen LogP contribution < -0.4 is 5.73 Å². The lowest BCUT2D eigenvalue weighted by Gasteiger charge is -2.25. The van der Waals surface area contributed by atoms with Crippen LogP contribution in [0.4, 0.5) is 10.2 Å². The predicted molar refractivity (Wildman–Crippen MR) is 77.4 cm³/mol. The summed E-state index contributed by atoms with van der Waals surface area (Å²) in [6.07, 6.45) is 1.32. The molecule has 0 radical (unpaired) electrons. The smallest absolute Gasteiger partial charge is 0.262 e. The zero-order valence-corrected chi connectivity index (χ0v) is 12.8. The Morgan fingerprint density at radius 2 is 2.00 bits per heavy atom. The number of hydrogen-bond donors (Lipinski definition) is 1. The van der Waals surface area contributed by atoms with Gasteiger partial charge < -0.3 is 10.3 Å². The largest absolute Gasteiger partial charge is 0.381 e. The number of rotatable bonds is 4. The summed E-state index contributed by atoms with van der Waals surface area (Å²) in [5, 5.41) is -0.104. The molecule has 6 nitrogen and oxygen atoms in total. The van der Waals surface area contributed by atoms with Crippen LogP contribution in [0.1, 0.15) is 18.5 Å². The molecule has 1 unspecified atom stereocenters. The van der Waals surface area contributed by atoms with Gasteiger partial charge in [0.25, 0.3) is 10.0 Å². The Labute approximate surface area is 123 Å². The van der Waals surface area contributed by atoms with Gasteiger partial charge in [-0.1, -0.05) is 18.2 Å². The van der Waals surface area contributed by atoms with Crippen molar-refractivity contribution < 1.29 is 12.8 Å². The molecule has 1 heterocycles. The van der Waals surface area contributed by atoms with Crippen molar-refractivity contribution in [2.75, 3.05) is 12.8 Å². The number of nitrogens with zero attached hydrogens (tertiary/aromatic N) is 3. The number of hydrogen-bond acceptors (Lipinski definition) is 4. The molecule has 8 heteroatoms. The minimum atomic E-state index is -3.88. The van der Waals surface area contributed by atoms with Crippen LogP contribution in [-0.4, -0.2) is 29.3 Å². The topological polar surface area (TPSA) is 81.2 Å². The summed E-state index contributed by atoms with van der Waals surface area (Å²) in [6.45, 7) is 1.61. The third-order valence-corrected chi connectivity index (χ3v) is 5.49. The highest BCUT2D eigenvalue weighted by atomic mass is 32.2. The lowest BCUT2D eigenvalue weighted by atomic mass is 10.1. The first-order valence-corrected chi connectivity index (χ1v) is 7.70. The Bertz CT molecular complexity index is 738. The minimum Gasteiger partial charge on any atom is -0.381 e. The predicted octanol–water partition coefficient (Wildman–Crippen LogP) is 1.52. The molecule has 0 saturated carbocycles. The summed E-state index contributed by atoms with van der Waals surface area (Å²) in [5.41, 5.74) is 5.92. The van der Waals surface area contributed by atoms with Gasteiger partial charge in [-0.25, -0.2) is 17.8 Å². The van der Waals surface area contributed by atoms with Gasteiger partial charge in [0, 0.05) is 25.7 Å². The maximum atomic E-state index is 13.8. The minimum absolute atomic E-state index is 0.0786. The molecule has 0 aliphatic rings. The number of halogens is 1. The fraction of sp³-hybridized carbons (Fsp3) is 0.308. The fourth-order valence-corrected chi connectivity index (χ4v) is 3.64. The van der Waals surface area contributed by atoms with E-state index in [1.165, 1.54) is 31.1 Å². The molecule has 2 aromatic rings.